The Labute approximate surface area is 159 Å². The van der Waals surface area contributed by atoms with Crippen LogP contribution in [0.2, 0.25) is 0 Å². The van der Waals surface area contributed by atoms with Crippen LogP contribution >= 0.6 is 8.46 Å². The molecule has 2 atom stereocenters. The fourth-order valence-electron chi connectivity index (χ4n) is 2.96. The predicted octanol–water partition coefficient (Wildman–Crippen LogP) is 3.70. The number of hydrogen-bond acceptors (Lipinski definition) is 6. The Morgan fingerprint density at radius 2 is 1.62 bits per heavy atom. The predicted molar refractivity (Wildman–Crippen MR) is 105 cm³/mol. The van der Waals surface area contributed by atoms with Crippen LogP contribution in [0.1, 0.15) is 90.4 Å². The number of rotatable bonds is 19. The fraction of sp³-hybridized carbons (Fsp3) is 0.895. The molecule has 7 heteroatoms. The number of aliphatic hydroxyl groups is 1. The summed E-state index contributed by atoms with van der Waals surface area (Å²) in [5.41, 5.74) is 2.56. The molecule has 152 valence electrons. The highest BCUT2D eigenvalue weighted by Crippen LogP contribution is 2.12. The molecule has 0 aromatic carbocycles. The van der Waals surface area contributed by atoms with Crippen molar-refractivity contribution in [2.24, 2.45) is 5.84 Å². The van der Waals surface area contributed by atoms with Gasteiger partial charge in [-0.05, 0) is 19.3 Å². The second kappa shape index (κ2) is 17.7. The minimum atomic E-state index is -0.853. The Morgan fingerprint density at radius 3 is 2.19 bits per heavy atom. The standard InChI is InChI=1S/C19H37N2O4P/c1-2-3-4-5-6-7-8-9-13-19(24)18(21-20)12-10-11-16(22)14-17(23)15-26-25/h17-18,21,23H,2-15,20H2,1H3. The first kappa shape index (κ1) is 25.3. The molecule has 6 nitrogen and oxygen atoms in total. The number of nitrogens with two attached hydrogens (primary N) is 1. The molecule has 0 rings (SSSR count). The van der Waals surface area contributed by atoms with Crippen LogP contribution in [0.15, 0.2) is 0 Å². The molecule has 0 spiro atoms. The second-order valence-corrected chi connectivity index (χ2v) is 7.63. The molecule has 0 aliphatic carbocycles. The Hall–Kier alpha value is -0.680. The molecular formula is C19H37N2O4P. The Morgan fingerprint density at radius 1 is 1.00 bits per heavy atom. The molecule has 26 heavy (non-hydrogen) atoms. The zero-order chi connectivity index (χ0) is 19.6. The number of Topliss-reactive ketones (excluding diaryl/α,β-unsaturated/α-hetero) is 2. The van der Waals surface area contributed by atoms with Crippen LogP contribution in [0, 0.1) is 0 Å². The highest BCUT2D eigenvalue weighted by molar-refractivity contribution is 7.23. The molecule has 0 saturated heterocycles. The maximum atomic E-state index is 12.2. The van der Waals surface area contributed by atoms with Crippen LogP contribution < -0.4 is 11.3 Å². The van der Waals surface area contributed by atoms with Crippen molar-refractivity contribution < 1.29 is 19.3 Å². The van der Waals surface area contributed by atoms with Gasteiger partial charge in [-0.1, -0.05) is 51.9 Å². The quantitative estimate of drug-likeness (QED) is 0.135. The van der Waals surface area contributed by atoms with Crippen molar-refractivity contribution in [3.8, 4) is 0 Å². The van der Waals surface area contributed by atoms with E-state index in [9.17, 15) is 19.3 Å². The average molecular weight is 388 g/mol. The maximum absolute atomic E-state index is 12.2. The van der Waals surface area contributed by atoms with Gasteiger partial charge in [-0.3, -0.25) is 20.0 Å². The molecule has 4 N–H and O–H groups in total. The molecule has 0 aromatic heterocycles. The van der Waals surface area contributed by atoms with Crippen LogP contribution in [-0.2, 0) is 14.2 Å². The van der Waals surface area contributed by atoms with Crippen molar-refractivity contribution in [1.29, 1.82) is 0 Å². The first-order valence-corrected chi connectivity index (χ1v) is 11.0. The molecule has 2 unspecified atom stereocenters. The lowest BCUT2D eigenvalue weighted by Gasteiger charge is -2.14. The summed E-state index contributed by atoms with van der Waals surface area (Å²) in [7, 11) is -0.156. The molecule has 0 saturated carbocycles. The van der Waals surface area contributed by atoms with Crippen molar-refractivity contribution in [2.75, 3.05) is 6.16 Å². The molecule has 0 radical (unpaired) electrons. The zero-order valence-corrected chi connectivity index (χ0v) is 17.1. The van der Waals surface area contributed by atoms with Gasteiger partial charge in [0.05, 0.1) is 18.3 Å². The van der Waals surface area contributed by atoms with Crippen LogP contribution in [0.5, 0.6) is 0 Å². The average Bonchev–Trinajstić information content (AvgIpc) is 2.61. The van der Waals surface area contributed by atoms with Crippen molar-refractivity contribution in [3.05, 3.63) is 0 Å². The SMILES string of the molecule is CCCCCCCCCCC(=O)C(CCCC(=O)CC(O)CP=O)NN. The molecule has 0 fully saturated rings. The number of nitrogens with one attached hydrogen (secondary N) is 1. The van der Waals surface area contributed by atoms with E-state index in [4.69, 9.17) is 5.84 Å². The van der Waals surface area contributed by atoms with Gasteiger partial charge in [0.1, 0.15) is 5.78 Å². The second-order valence-electron chi connectivity index (χ2n) is 7.01. The number of unbranched alkanes of at least 4 members (excludes halogenated alkanes) is 7. The van der Waals surface area contributed by atoms with E-state index in [0.29, 0.717) is 25.7 Å². The van der Waals surface area contributed by atoms with Crippen LogP contribution in [-0.4, -0.2) is 35.0 Å². The van der Waals surface area contributed by atoms with Gasteiger partial charge >= 0.3 is 0 Å². The topological polar surface area (TPSA) is 109 Å². The molecule has 0 amide bonds. The normalized spacial score (nSPS) is 13.7. The Bertz CT molecular complexity index is 394. The minimum Gasteiger partial charge on any atom is -0.392 e. The lowest BCUT2D eigenvalue weighted by molar-refractivity contribution is -0.123. The third kappa shape index (κ3) is 14.5. The number of carbonyl (C=O) groups excluding carboxylic acids is 2. The van der Waals surface area contributed by atoms with Gasteiger partial charge < -0.3 is 5.11 Å². The number of aliphatic hydroxyl groups excluding tert-OH is 1. The van der Waals surface area contributed by atoms with E-state index in [1.54, 1.807) is 0 Å². The summed E-state index contributed by atoms with van der Waals surface area (Å²) in [5.74, 6) is 5.51. The summed E-state index contributed by atoms with van der Waals surface area (Å²) in [5, 5.41) is 9.45. The van der Waals surface area contributed by atoms with Gasteiger partial charge in [0.15, 0.2) is 14.2 Å². The summed E-state index contributed by atoms with van der Waals surface area (Å²) in [6, 6.07) is -0.405. The first-order valence-electron chi connectivity index (χ1n) is 10.0. The fourth-order valence-corrected chi connectivity index (χ4v) is 3.26. The van der Waals surface area contributed by atoms with E-state index in [2.05, 4.69) is 12.3 Å². The number of hydrogen-bond donors (Lipinski definition) is 3. The Kier molecular flexibility index (Phi) is 17.3. The van der Waals surface area contributed by atoms with Crippen LogP contribution in [0.4, 0.5) is 0 Å². The van der Waals surface area contributed by atoms with Gasteiger partial charge in [-0.15, -0.1) is 0 Å². The molecule has 0 aliphatic rings. The minimum absolute atomic E-state index is 0.0160. The molecule has 0 aromatic rings. The van der Waals surface area contributed by atoms with Gasteiger partial charge in [-0.25, -0.2) is 5.43 Å². The summed E-state index contributed by atoms with van der Waals surface area (Å²) in [6.07, 6.45) is 10.7. The maximum Gasteiger partial charge on any atom is 0.157 e. The van der Waals surface area contributed by atoms with Gasteiger partial charge in [-0.2, -0.15) is 0 Å². The van der Waals surface area contributed by atoms with E-state index in [1.807, 2.05) is 0 Å². The summed E-state index contributed by atoms with van der Waals surface area (Å²) in [4.78, 5) is 23.9. The molecular weight excluding hydrogens is 351 g/mol. The smallest absolute Gasteiger partial charge is 0.157 e. The number of hydrazine groups is 1. The zero-order valence-electron chi connectivity index (χ0n) is 16.3. The lowest BCUT2D eigenvalue weighted by atomic mass is 9.99. The van der Waals surface area contributed by atoms with Gasteiger partial charge in [0, 0.05) is 19.3 Å². The van der Waals surface area contributed by atoms with E-state index in [1.165, 1.54) is 38.5 Å². The molecule has 0 heterocycles. The largest absolute Gasteiger partial charge is 0.392 e. The van der Waals surface area contributed by atoms with Crippen molar-refractivity contribution >= 4 is 20.0 Å². The third-order valence-corrected chi connectivity index (χ3v) is 5.13. The highest BCUT2D eigenvalue weighted by atomic mass is 31.1. The van der Waals surface area contributed by atoms with E-state index in [0.717, 1.165) is 12.8 Å². The van der Waals surface area contributed by atoms with Crippen molar-refractivity contribution in [3.63, 3.8) is 0 Å². The lowest BCUT2D eigenvalue weighted by Crippen LogP contribution is -2.41. The van der Waals surface area contributed by atoms with Crippen LogP contribution in [0.3, 0.4) is 0 Å². The Balaban J connectivity index is 3.79. The monoisotopic (exact) mass is 388 g/mol. The molecule has 0 aliphatic heterocycles. The number of carbonyl (C=O) groups is 2. The van der Waals surface area contributed by atoms with E-state index < -0.39 is 12.1 Å². The van der Waals surface area contributed by atoms with Crippen molar-refractivity contribution in [1.82, 2.24) is 5.43 Å². The number of ketones is 2. The molecule has 0 bridgehead atoms. The van der Waals surface area contributed by atoms with Crippen molar-refractivity contribution in [2.45, 2.75) is 103 Å². The van der Waals surface area contributed by atoms with Crippen LogP contribution in [0.25, 0.3) is 0 Å². The summed E-state index contributed by atoms with van der Waals surface area (Å²) in [6.45, 7) is 2.21. The highest BCUT2D eigenvalue weighted by Gasteiger charge is 2.17. The van der Waals surface area contributed by atoms with Gasteiger partial charge in [0.25, 0.3) is 0 Å². The first-order chi connectivity index (χ1) is 12.5. The summed E-state index contributed by atoms with van der Waals surface area (Å²) >= 11 is 0. The third-order valence-electron chi connectivity index (χ3n) is 4.56. The van der Waals surface area contributed by atoms with E-state index in [-0.39, 0.29) is 32.6 Å². The summed E-state index contributed by atoms with van der Waals surface area (Å²) < 4.78 is 10.4. The van der Waals surface area contributed by atoms with E-state index >= 15 is 0 Å². The van der Waals surface area contributed by atoms with Gasteiger partial charge in [0.2, 0.25) is 0 Å².